The lowest BCUT2D eigenvalue weighted by atomic mass is 10.1. The van der Waals surface area contributed by atoms with Gasteiger partial charge >= 0.3 is 0 Å². The average molecular weight is 415 g/mol. The van der Waals surface area contributed by atoms with Crippen LogP contribution in [0.2, 0.25) is 0 Å². The van der Waals surface area contributed by atoms with Crippen molar-refractivity contribution in [3.63, 3.8) is 0 Å². The van der Waals surface area contributed by atoms with Crippen LogP contribution in [-0.4, -0.2) is 23.3 Å². The van der Waals surface area contributed by atoms with Crippen molar-refractivity contribution < 1.29 is 14.0 Å². The van der Waals surface area contributed by atoms with E-state index in [1.165, 1.54) is 0 Å². The SMILES string of the molecule is Cc1c(C(=O)N(CCC(N)=O)Cc2ccccc2)oc2ccc(Br)cc12. The van der Waals surface area contributed by atoms with Crippen molar-refractivity contribution in [2.75, 3.05) is 6.54 Å². The number of aryl methyl sites for hydroxylation is 1. The summed E-state index contributed by atoms with van der Waals surface area (Å²) < 4.78 is 6.73. The van der Waals surface area contributed by atoms with Crippen molar-refractivity contribution in [3.8, 4) is 0 Å². The predicted octanol–water partition coefficient (Wildman–Crippen LogP) is 4.02. The van der Waals surface area contributed by atoms with Crippen molar-refractivity contribution >= 4 is 38.7 Å². The molecule has 0 fully saturated rings. The zero-order valence-corrected chi connectivity index (χ0v) is 16.0. The van der Waals surface area contributed by atoms with Gasteiger partial charge in [0.15, 0.2) is 5.76 Å². The Labute approximate surface area is 159 Å². The van der Waals surface area contributed by atoms with Crippen molar-refractivity contribution in [2.45, 2.75) is 19.9 Å². The zero-order valence-electron chi connectivity index (χ0n) is 14.4. The Balaban J connectivity index is 1.93. The van der Waals surface area contributed by atoms with E-state index in [9.17, 15) is 9.59 Å². The number of nitrogens with zero attached hydrogens (tertiary/aromatic N) is 1. The van der Waals surface area contributed by atoms with Gasteiger partial charge in [-0.1, -0.05) is 46.3 Å². The molecule has 2 amide bonds. The third-order valence-corrected chi connectivity index (χ3v) is 4.72. The molecule has 6 heteroatoms. The van der Waals surface area contributed by atoms with Crippen molar-refractivity contribution in [2.24, 2.45) is 5.73 Å². The van der Waals surface area contributed by atoms with Gasteiger partial charge in [0, 0.05) is 34.9 Å². The summed E-state index contributed by atoms with van der Waals surface area (Å²) in [5, 5.41) is 0.886. The first-order chi connectivity index (χ1) is 12.5. The number of furan rings is 1. The molecule has 134 valence electrons. The number of carbonyl (C=O) groups is 2. The Hall–Kier alpha value is -2.60. The summed E-state index contributed by atoms with van der Waals surface area (Å²) in [5.74, 6) is -0.403. The molecule has 0 aliphatic heterocycles. The fourth-order valence-electron chi connectivity index (χ4n) is 2.84. The second-order valence-electron chi connectivity index (χ2n) is 6.13. The molecule has 0 spiro atoms. The summed E-state index contributed by atoms with van der Waals surface area (Å²) in [6.45, 7) is 2.48. The summed E-state index contributed by atoms with van der Waals surface area (Å²) in [6, 6.07) is 15.2. The van der Waals surface area contributed by atoms with E-state index in [0.29, 0.717) is 17.9 Å². The first-order valence-corrected chi connectivity index (χ1v) is 9.05. The maximum Gasteiger partial charge on any atom is 0.290 e. The number of hydrogen-bond donors (Lipinski definition) is 1. The molecule has 1 aromatic heterocycles. The number of amides is 2. The van der Waals surface area contributed by atoms with Crippen LogP contribution in [-0.2, 0) is 11.3 Å². The zero-order chi connectivity index (χ0) is 18.7. The quantitative estimate of drug-likeness (QED) is 0.661. The largest absolute Gasteiger partial charge is 0.451 e. The summed E-state index contributed by atoms with van der Waals surface area (Å²) >= 11 is 3.44. The van der Waals surface area contributed by atoms with Crippen LogP contribution in [0.4, 0.5) is 0 Å². The van der Waals surface area contributed by atoms with Gasteiger partial charge in [0.1, 0.15) is 5.58 Å². The molecular formula is C20H19BrN2O3. The van der Waals surface area contributed by atoms with E-state index in [1.54, 1.807) is 4.90 Å². The van der Waals surface area contributed by atoms with Crippen LogP contribution in [0.15, 0.2) is 57.4 Å². The molecule has 26 heavy (non-hydrogen) atoms. The molecule has 0 unspecified atom stereocenters. The fourth-order valence-corrected chi connectivity index (χ4v) is 3.20. The standard InChI is InChI=1S/C20H19BrN2O3/c1-13-16-11-15(21)7-8-17(16)26-19(13)20(25)23(10-9-18(22)24)12-14-5-3-2-4-6-14/h2-8,11H,9-10,12H2,1H3,(H2,22,24). The molecule has 1 heterocycles. The Morgan fingerprint density at radius 1 is 1.15 bits per heavy atom. The van der Waals surface area contributed by atoms with Gasteiger partial charge < -0.3 is 15.1 Å². The van der Waals surface area contributed by atoms with E-state index in [-0.39, 0.29) is 18.9 Å². The molecule has 5 nitrogen and oxygen atoms in total. The van der Waals surface area contributed by atoms with Crippen LogP contribution in [0.1, 0.15) is 28.1 Å². The maximum absolute atomic E-state index is 13.1. The fraction of sp³-hybridized carbons (Fsp3) is 0.200. The van der Waals surface area contributed by atoms with Crippen LogP contribution >= 0.6 is 15.9 Å². The monoisotopic (exact) mass is 414 g/mol. The first kappa shape index (κ1) is 18.2. The normalized spacial score (nSPS) is 10.8. The van der Waals surface area contributed by atoms with E-state index < -0.39 is 5.91 Å². The molecule has 0 aliphatic carbocycles. The van der Waals surface area contributed by atoms with E-state index in [4.69, 9.17) is 10.2 Å². The first-order valence-electron chi connectivity index (χ1n) is 8.26. The molecule has 3 aromatic rings. The average Bonchev–Trinajstić information content (AvgIpc) is 2.95. The number of hydrogen-bond acceptors (Lipinski definition) is 3. The van der Waals surface area contributed by atoms with Gasteiger partial charge in [0.2, 0.25) is 5.91 Å². The molecule has 0 saturated heterocycles. The summed E-state index contributed by atoms with van der Waals surface area (Å²) in [5.41, 5.74) is 7.69. The molecular weight excluding hydrogens is 396 g/mol. The van der Waals surface area contributed by atoms with Crippen LogP contribution in [0, 0.1) is 6.92 Å². The molecule has 2 aromatic carbocycles. The Bertz CT molecular complexity index is 950. The highest BCUT2D eigenvalue weighted by molar-refractivity contribution is 9.10. The topological polar surface area (TPSA) is 76.5 Å². The molecule has 0 bridgehead atoms. The van der Waals surface area contributed by atoms with Gasteiger partial charge in [0.05, 0.1) is 0 Å². The Kier molecular flexibility index (Phi) is 5.42. The molecule has 3 rings (SSSR count). The number of rotatable bonds is 6. The van der Waals surface area contributed by atoms with Gasteiger partial charge in [-0.05, 0) is 30.7 Å². The molecule has 0 atom stereocenters. The minimum absolute atomic E-state index is 0.101. The molecule has 0 saturated carbocycles. The van der Waals surface area contributed by atoms with Gasteiger partial charge in [-0.3, -0.25) is 9.59 Å². The third kappa shape index (κ3) is 3.96. The van der Waals surface area contributed by atoms with Crippen molar-refractivity contribution in [1.29, 1.82) is 0 Å². The van der Waals surface area contributed by atoms with Gasteiger partial charge in [-0.2, -0.15) is 0 Å². The number of fused-ring (bicyclic) bond motifs is 1. The predicted molar refractivity (Wildman–Crippen MR) is 104 cm³/mol. The third-order valence-electron chi connectivity index (χ3n) is 4.22. The van der Waals surface area contributed by atoms with Gasteiger partial charge in [0.25, 0.3) is 5.91 Å². The highest BCUT2D eigenvalue weighted by atomic mass is 79.9. The van der Waals surface area contributed by atoms with Crippen LogP contribution in [0.5, 0.6) is 0 Å². The highest BCUT2D eigenvalue weighted by Crippen LogP contribution is 2.29. The maximum atomic E-state index is 13.1. The smallest absolute Gasteiger partial charge is 0.290 e. The summed E-state index contributed by atoms with van der Waals surface area (Å²) in [7, 11) is 0. The minimum Gasteiger partial charge on any atom is -0.451 e. The lowest BCUT2D eigenvalue weighted by Crippen LogP contribution is -2.33. The molecule has 0 aliphatic rings. The lowest BCUT2D eigenvalue weighted by Gasteiger charge is -2.21. The van der Waals surface area contributed by atoms with E-state index in [2.05, 4.69) is 15.9 Å². The van der Waals surface area contributed by atoms with Gasteiger partial charge in [-0.15, -0.1) is 0 Å². The number of nitrogens with two attached hydrogens (primary N) is 1. The lowest BCUT2D eigenvalue weighted by molar-refractivity contribution is -0.118. The second kappa shape index (κ2) is 7.74. The molecule has 2 N–H and O–H groups in total. The minimum atomic E-state index is -0.443. The van der Waals surface area contributed by atoms with Crippen molar-refractivity contribution in [3.05, 3.63) is 69.9 Å². The number of benzene rings is 2. The number of primary amides is 1. The Morgan fingerprint density at radius 3 is 2.58 bits per heavy atom. The van der Waals surface area contributed by atoms with Crippen LogP contribution < -0.4 is 5.73 Å². The van der Waals surface area contributed by atoms with Crippen LogP contribution in [0.25, 0.3) is 11.0 Å². The second-order valence-corrected chi connectivity index (χ2v) is 7.04. The summed E-state index contributed by atoms with van der Waals surface area (Å²) in [6.07, 6.45) is 0.101. The number of halogens is 1. The van der Waals surface area contributed by atoms with E-state index in [0.717, 1.165) is 21.0 Å². The van der Waals surface area contributed by atoms with Crippen LogP contribution in [0.3, 0.4) is 0 Å². The van der Waals surface area contributed by atoms with Crippen molar-refractivity contribution in [1.82, 2.24) is 4.90 Å². The Morgan fingerprint density at radius 2 is 1.88 bits per heavy atom. The number of carbonyl (C=O) groups excluding carboxylic acids is 2. The molecule has 0 radical (unpaired) electrons. The van der Waals surface area contributed by atoms with E-state index >= 15 is 0 Å². The van der Waals surface area contributed by atoms with E-state index in [1.807, 2.05) is 55.5 Å². The summed E-state index contributed by atoms with van der Waals surface area (Å²) in [4.78, 5) is 25.9. The highest BCUT2D eigenvalue weighted by Gasteiger charge is 2.24. The van der Waals surface area contributed by atoms with Gasteiger partial charge in [-0.25, -0.2) is 0 Å².